The molecule has 1 aromatic carbocycles. The summed E-state index contributed by atoms with van der Waals surface area (Å²) in [5, 5.41) is 3.46. The number of ether oxygens (including phenoxy) is 2. The Kier molecular flexibility index (Phi) is 6.07. The number of hydrogen-bond donors (Lipinski definition) is 1. The molecule has 2 rings (SSSR count). The fourth-order valence-electron chi connectivity index (χ4n) is 2.81. The van der Waals surface area contributed by atoms with Crippen LogP contribution in [0.3, 0.4) is 0 Å². The van der Waals surface area contributed by atoms with Crippen LogP contribution in [0.2, 0.25) is 0 Å². The molecular formula is C18H29NO2. The number of nitrogens with one attached hydrogen (secondary N) is 1. The standard InChI is InChI=1S/C18H29NO2/c1-13(2)19-11-17-9-14(3)18(15(4)10-17)21-12-16-5-7-20-8-6-16/h9-10,13,16,19H,5-8,11-12H2,1-4H3. The second-order valence-corrected chi connectivity index (χ2v) is 6.46. The van der Waals surface area contributed by atoms with Gasteiger partial charge in [0.15, 0.2) is 0 Å². The normalized spacial score (nSPS) is 16.4. The van der Waals surface area contributed by atoms with Gasteiger partial charge in [0.25, 0.3) is 0 Å². The van der Waals surface area contributed by atoms with Crippen LogP contribution in [0.1, 0.15) is 43.4 Å². The summed E-state index contributed by atoms with van der Waals surface area (Å²) >= 11 is 0. The first-order valence-corrected chi connectivity index (χ1v) is 8.10. The molecule has 0 aliphatic carbocycles. The summed E-state index contributed by atoms with van der Waals surface area (Å²) in [4.78, 5) is 0. The summed E-state index contributed by atoms with van der Waals surface area (Å²) in [5.41, 5.74) is 3.81. The molecule has 1 fully saturated rings. The van der Waals surface area contributed by atoms with Gasteiger partial charge in [-0.2, -0.15) is 0 Å². The summed E-state index contributed by atoms with van der Waals surface area (Å²) in [6.45, 7) is 12.1. The van der Waals surface area contributed by atoms with E-state index in [1.165, 1.54) is 16.7 Å². The van der Waals surface area contributed by atoms with Crippen LogP contribution in [0.15, 0.2) is 12.1 Å². The van der Waals surface area contributed by atoms with Gasteiger partial charge in [-0.25, -0.2) is 0 Å². The fraction of sp³-hybridized carbons (Fsp3) is 0.667. The van der Waals surface area contributed by atoms with Crippen molar-refractivity contribution in [3.05, 3.63) is 28.8 Å². The highest BCUT2D eigenvalue weighted by Gasteiger charge is 2.15. The quantitative estimate of drug-likeness (QED) is 0.868. The molecule has 1 saturated heterocycles. The third-order valence-electron chi connectivity index (χ3n) is 4.04. The van der Waals surface area contributed by atoms with Crippen LogP contribution < -0.4 is 10.1 Å². The molecule has 1 aromatic rings. The molecule has 0 spiro atoms. The largest absolute Gasteiger partial charge is 0.493 e. The SMILES string of the molecule is Cc1cc(CNC(C)C)cc(C)c1OCC1CCOCC1. The molecule has 1 aliphatic rings. The van der Waals surface area contributed by atoms with Gasteiger partial charge in [-0.05, 0) is 49.3 Å². The van der Waals surface area contributed by atoms with Crippen LogP contribution >= 0.6 is 0 Å². The van der Waals surface area contributed by atoms with Crippen LogP contribution in [0.5, 0.6) is 5.75 Å². The molecule has 0 amide bonds. The molecule has 3 heteroatoms. The van der Waals surface area contributed by atoms with E-state index in [1.807, 2.05) is 0 Å². The Labute approximate surface area is 129 Å². The zero-order chi connectivity index (χ0) is 15.2. The molecule has 0 atom stereocenters. The van der Waals surface area contributed by atoms with E-state index in [9.17, 15) is 0 Å². The topological polar surface area (TPSA) is 30.5 Å². The van der Waals surface area contributed by atoms with Crippen LogP contribution in [0, 0.1) is 19.8 Å². The lowest BCUT2D eigenvalue weighted by Crippen LogP contribution is -2.22. The van der Waals surface area contributed by atoms with Crippen molar-refractivity contribution < 1.29 is 9.47 Å². The van der Waals surface area contributed by atoms with Gasteiger partial charge in [-0.1, -0.05) is 26.0 Å². The van der Waals surface area contributed by atoms with Crippen molar-refractivity contribution >= 4 is 0 Å². The van der Waals surface area contributed by atoms with Crippen LogP contribution in [-0.4, -0.2) is 25.9 Å². The molecule has 1 N–H and O–H groups in total. The number of rotatable bonds is 6. The highest BCUT2D eigenvalue weighted by Crippen LogP contribution is 2.26. The van der Waals surface area contributed by atoms with E-state index in [4.69, 9.17) is 9.47 Å². The van der Waals surface area contributed by atoms with Crippen LogP contribution in [0.4, 0.5) is 0 Å². The van der Waals surface area contributed by atoms with E-state index in [0.717, 1.165) is 45.0 Å². The van der Waals surface area contributed by atoms with Crippen molar-refractivity contribution in [3.63, 3.8) is 0 Å². The second-order valence-electron chi connectivity index (χ2n) is 6.46. The Morgan fingerprint density at radius 1 is 1.19 bits per heavy atom. The predicted octanol–water partition coefficient (Wildman–Crippen LogP) is 3.61. The van der Waals surface area contributed by atoms with Crippen molar-refractivity contribution in [2.45, 2.75) is 53.1 Å². The molecule has 0 radical (unpaired) electrons. The van der Waals surface area contributed by atoms with Gasteiger partial charge in [0.05, 0.1) is 6.61 Å². The van der Waals surface area contributed by atoms with E-state index < -0.39 is 0 Å². The third-order valence-corrected chi connectivity index (χ3v) is 4.04. The Morgan fingerprint density at radius 2 is 1.81 bits per heavy atom. The molecule has 0 saturated carbocycles. The van der Waals surface area contributed by atoms with Crippen molar-refractivity contribution in [2.75, 3.05) is 19.8 Å². The van der Waals surface area contributed by atoms with Crippen molar-refractivity contribution in [2.24, 2.45) is 5.92 Å². The predicted molar refractivity (Wildman–Crippen MR) is 86.9 cm³/mol. The smallest absolute Gasteiger partial charge is 0.125 e. The molecule has 1 heterocycles. The second kappa shape index (κ2) is 7.81. The van der Waals surface area contributed by atoms with E-state index >= 15 is 0 Å². The highest BCUT2D eigenvalue weighted by atomic mass is 16.5. The molecule has 21 heavy (non-hydrogen) atoms. The highest BCUT2D eigenvalue weighted by molar-refractivity contribution is 5.43. The van der Waals surface area contributed by atoms with Gasteiger partial charge < -0.3 is 14.8 Å². The lowest BCUT2D eigenvalue weighted by Gasteiger charge is -2.23. The van der Waals surface area contributed by atoms with Gasteiger partial charge >= 0.3 is 0 Å². The molecule has 3 nitrogen and oxygen atoms in total. The first kappa shape index (κ1) is 16.3. The lowest BCUT2D eigenvalue weighted by atomic mass is 10.0. The number of hydrogen-bond acceptors (Lipinski definition) is 3. The first-order chi connectivity index (χ1) is 10.1. The van der Waals surface area contributed by atoms with Gasteiger partial charge in [0, 0.05) is 25.8 Å². The zero-order valence-electron chi connectivity index (χ0n) is 13.9. The average Bonchev–Trinajstić information content (AvgIpc) is 2.45. The number of benzene rings is 1. The first-order valence-electron chi connectivity index (χ1n) is 8.10. The van der Waals surface area contributed by atoms with Crippen LogP contribution in [-0.2, 0) is 11.3 Å². The summed E-state index contributed by atoms with van der Waals surface area (Å²) in [7, 11) is 0. The molecule has 118 valence electrons. The van der Waals surface area contributed by atoms with Gasteiger partial charge in [0.1, 0.15) is 5.75 Å². The molecule has 0 unspecified atom stereocenters. The zero-order valence-corrected chi connectivity index (χ0v) is 13.9. The van der Waals surface area contributed by atoms with Crippen molar-refractivity contribution in [1.82, 2.24) is 5.32 Å². The molecule has 0 bridgehead atoms. The Bertz CT molecular complexity index is 428. The fourth-order valence-corrected chi connectivity index (χ4v) is 2.81. The van der Waals surface area contributed by atoms with E-state index in [1.54, 1.807) is 0 Å². The minimum Gasteiger partial charge on any atom is -0.493 e. The minimum atomic E-state index is 0.509. The summed E-state index contributed by atoms with van der Waals surface area (Å²) in [6, 6.07) is 4.98. The maximum absolute atomic E-state index is 6.11. The third kappa shape index (κ3) is 5.01. The maximum Gasteiger partial charge on any atom is 0.125 e. The molecular weight excluding hydrogens is 262 g/mol. The monoisotopic (exact) mass is 291 g/mol. The van der Waals surface area contributed by atoms with Crippen molar-refractivity contribution in [3.8, 4) is 5.75 Å². The molecule has 0 aromatic heterocycles. The van der Waals surface area contributed by atoms with Crippen LogP contribution in [0.25, 0.3) is 0 Å². The summed E-state index contributed by atoms with van der Waals surface area (Å²) < 4.78 is 11.5. The summed E-state index contributed by atoms with van der Waals surface area (Å²) in [5.74, 6) is 1.70. The maximum atomic E-state index is 6.11. The van der Waals surface area contributed by atoms with E-state index in [0.29, 0.717) is 12.0 Å². The Hall–Kier alpha value is -1.06. The lowest BCUT2D eigenvalue weighted by molar-refractivity contribution is 0.0495. The average molecular weight is 291 g/mol. The van der Waals surface area contributed by atoms with Gasteiger partial charge in [-0.3, -0.25) is 0 Å². The molecule has 1 aliphatic heterocycles. The minimum absolute atomic E-state index is 0.509. The summed E-state index contributed by atoms with van der Waals surface area (Å²) in [6.07, 6.45) is 2.24. The van der Waals surface area contributed by atoms with Crippen molar-refractivity contribution in [1.29, 1.82) is 0 Å². The number of aryl methyl sites for hydroxylation is 2. The Morgan fingerprint density at radius 3 is 2.38 bits per heavy atom. The Balaban J connectivity index is 1.95. The van der Waals surface area contributed by atoms with Gasteiger partial charge in [-0.15, -0.1) is 0 Å². The van der Waals surface area contributed by atoms with E-state index in [2.05, 4.69) is 45.1 Å². The van der Waals surface area contributed by atoms with Gasteiger partial charge in [0.2, 0.25) is 0 Å². The van der Waals surface area contributed by atoms with E-state index in [-0.39, 0.29) is 0 Å².